The van der Waals surface area contributed by atoms with Gasteiger partial charge in [0.15, 0.2) is 6.29 Å². The van der Waals surface area contributed by atoms with Crippen molar-refractivity contribution in [1.29, 1.82) is 0 Å². The first-order chi connectivity index (χ1) is 34.8. The molecule has 0 aromatic carbocycles. The van der Waals surface area contributed by atoms with Gasteiger partial charge in [-0.05, 0) is 109 Å². The van der Waals surface area contributed by atoms with E-state index in [4.69, 9.17) is 9.47 Å². The molecular formula is C62H97NO8. The molecule has 0 bridgehead atoms. The predicted molar refractivity (Wildman–Crippen MR) is 299 cm³/mol. The maximum atomic E-state index is 12.9. The van der Waals surface area contributed by atoms with Gasteiger partial charge in [-0.1, -0.05) is 210 Å². The largest absolute Gasteiger partial charge is 0.394 e. The molecule has 0 spiro atoms. The van der Waals surface area contributed by atoms with Gasteiger partial charge in [0.05, 0.1) is 25.4 Å². The Balaban J connectivity index is 2.14. The monoisotopic (exact) mass is 984 g/mol. The Morgan fingerprint density at radius 3 is 1.28 bits per heavy atom. The van der Waals surface area contributed by atoms with Crippen LogP contribution in [-0.2, 0) is 14.3 Å². The normalized spacial score (nSPS) is 20.6. The van der Waals surface area contributed by atoms with Crippen LogP contribution in [0.2, 0.25) is 0 Å². The lowest BCUT2D eigenvalue weighted by molar-refractivity contribution is -0.302. The Bertz CT molecular complexity index is 1660. The zero-order chi connectivity index (χ0) is 51.5. The van der Waals surface area contributed by atoms with Crippen molar-refractivity contribution < 1.29 is 39.8 Å². The Morgan fingerprint density at radius 2 is 0.873 bits per heavy atom. The quantitative estimate of drug-likeness (QED) is 0.0261. The lowest BCUT2D eigenvalue weighted by atomic mass is 9.99. The summed E-state index contributed by atoms with van der Waals surface area (Å²) < 4.78 is 11.1. The van der Waals surface area contributed by atoms with Crippen molar-refractivity contribution in [2.24, 2.45) is 0 Å². The third-order valence-corrected chi connectivity index (χ3v) is 11.6. The van der Waals surface area contributed by atoms with E-state index < -0.39 is 49.5 Å². The van der Waals surface area contributed by atoms with Crippen molar-refractivity contribution in [3.05, 3.63) is 158 Å². The van der Waals surface area contributed by atoms with Gasteiger partial charge in [0.25, 0.3) is 0 Å². The van der Waals surface area contributed by atoms with Gasteiger partial charge in [-0.15, -0.1) is 0 Å². The zero-order valence-electron chi connectivity index (χ0n) is 43.9. The standard InChI is InChI=1S/C62H97NO8/c1-3-5-7-9-11-12-13-14-15-16-17-18-19-20-21-22-23-24-25-26-27-28-29-30-31-32-33-34-35-36-37-38-39-40-41-42-43-44-46-48-50-52-58(66)63-55(56(65)51-49-47-45-10-8-6-4-2)54-70-62-61(69)60(68)59(67)57(53-64)71-62/h5,7,11-12,14-15,17-18,20-21,23-24,26-27,29-30,32-33,35-36,38-39,41-42,49,51,55-57,59-62,64-65,67-69H,3-4,6,8-10,13,16,19,22,25,28,31,34,37,40,43-48,50,52-54H2,1-2H3,(H,63,66)/b7-5-,12-11-,15-14-,18-17-,21-20-,24-23-,27-26-,30-29-,33-32-,36-35-,39-38-,42-41-,51-49+. The Labute approximate surface area is 431 Å². The number of unbranched alkanes of at least 4 members (excludes halogenated alkanes) is 9. The van der Waals surface area contributed by atoms with Crippen LogP contribution >= 0.6 is 0 Å². The van der Waals surface area contributed by atoms with E-state index >= 15 is 0 Å². The van der Waals surface area contributed by atoms with E-state index in [-0.39, 0.29) is 12.5 Å². The number of carbonyl (C=O) groups excluding carboxylic acids is 1. The Hall–Kier alpha value is -4.19. The van der Waals surface area contributed by atoms with Crippen molar-refractivity contribution in [2.75, 3.05) is 13.2 Å². The molecule has 1 amide bonds. The van der Waals surface area contributed by atoms with Crippen LogP contribution < -0.4 is 5.32 Å². The molecule has 1 aliphatic rings. The topological polar surface area (TPSA) is 149 Å². The van der Waals surface area contributed by atoms with Gasteiger partial charge in [-0.3, -0.25) is 4.79 Å². The van der Waals surface area contributed by atoms with Crippen molar-refractivity contribution in [3.63, 3.8) is 0 Å². The van der Waals surface area contributed by atoms with Crippen molar-refractivity contribution in [1.82, 2.24) is 5.32 Å². The first-order valence-electron chi connectivity index (χ1n) is 27.2. The minimum absolute atomic E-state index is 0.210. The van der Waals surface area contributed by atoms with Crippen LogP contribution in [0.4, 0.5) is 0 Å². The highest BCUT2D eigenvalue weighted by atomic mass is 16.7. The van der Waals surface area contributed by atoms with Crippen LogP contribution in [0.5, 0.6) is 0 Å². The summed E-state index contributed by atoms with van der Waals surface area (Å²) >= 11 is 0. The Morgan fingerprint density at radius 1 is 0.493 bits per heavy atom. The average molecular weight is 984 g/mol. The summed E-state index contributed by atoms with van der Waals surface area (Å²) in [6, 6.07) is -0.827. The number of hydrogen-bond donors (Lipinski definition) is 6. The number of aliphatic hydroxyl groups excluding tert-OH is 5. The van der Waals surface area contributed by atoms with E-state index in [1.54, 1.807) is 6.08 Å². The number of aliphatic hydroxyl groups is 5. The summed E-state index contributed by atoms with van der Waals surface area (Å²) in [7, 11) is 0. The SMILES string of the molecule is CC/C=C\C/C=C\C/C=C\C/C=C\C/C=C\C/C=C\C/C=C\C/C=C\C/C=C\C/C=C\C/C=C\C/C=C\CCCCCCC(=O)NC(COC1OC(CO)C(O)C(O)C1O)C(O)/C=C/CCCCCCC. The molecule has 1 rings (SSSR count). The fourth-order valence-electron chi connectivity index (χ4n) is 7.31. The predicted octanol–water partition coefficient (Wildman–Crippen LogP) is 13.3. The van der Waals surface area contributed by atoms with Gasteiger partial charge in [0.1, 0.15) is 24.4 Å². The summed E-state index contributed by atoms with van der Waals surface area (Å²) in [5, 5.41) is 54.0. The van der Waals surface area contributed by atoms with E-state index in [0.29, 0.717) is 12.8 Å². The summed E-state index contributed by atoms with van der Waals surface area (Å²) in [4.78, 5) is 12.9. The van der Waals surface area contributed by atoms with Gasteiger partial charge in [-0.25, -0.2) is 0 Å². The second-order valence-corrected chi connectivity index (χ2v) is 17.9. The fourth-order valence-corrected chi connectivity index (χ4v) is 7.31. The molecule has 1 saturated heterocycles. The number of ether oxygens (including phenoxy) is 2. The molecule has 7 unspecified atom stereocenters. The highest BCUT2D eigenvalue weighted by Gasteiger charge is 2.44. The van der Waals surface area contributed by atoms with Gasteiger partial charge >= 0.3 is 0 Å². The molecule has 7 atom stereocenters. The number of allylic oxidation sites excluding steroid dienone is 25. The summed E-state index contributed by atoms with van der Waals surface area (Å²) in [5.74, 6) is -0.214. The third kappa shape index (κ3) is 39.1. The Kier molecular flexibility index (Phi) is 45.1. The minimum Gasteiger partial charge on any atom is -0.394 e. The number of amides is 1. The van der Waals surface area contributed by atoms with Gasteiger partial charge in [0.2, 0.25) is 5.91 Å². The molecule has 6 N–H and O–H groups in total. The van der Waals surface area contributed by atoms with Crippen LogP contribution in [0.25, 0.3) is 0 Å². The van der Waals surface area contributed by atoms with E-state index in [1.807, 2.05) is 6.08 Å². The molecule has 0 aromatic rings. The van der Waals surface area contributed by atoms with Gasteiger partial charge < -0.3 is 40.3 Å². The van der Waals surface area contributed by atoms with E-state index in [9.17, 15) is 30.3 Å². The molecule has 1 heterocycles. The first kappa shape index (κ1) is 64.8. The number of nitrogens with one attached hydrogen (secondary N) is 1. The van der Waals surface area contributed by atoms with Crippen LogP contribution in [-0.4, -0.2) is 87.5 Å². The highest BCUT2D eigenvalue weighted by Crippen LogP contribution is 2.22. The molecule has 1 fully saturated rings. The van der Waals surface area contributed by atoms with Gasteiger partial charge in [0, 0.05) is 6.42 Å². The van der Waals surface area contributed by atoms with Crippen LogP contribution in [0.15, 0.2) is 158 Å². The molecule has 9 nitrogen and oxygen atoms in total. The fraction of sp³-hybridized carbons (Fsp3) is 0.565. The van der Waals surface area contributed by atoms with E-state index in [1.165, 1.54) is 19.3 Å². The highest BCUT2D eigenvalue weighted by molar-refractivity contribution is 5.76. The number of hydrogen-bond acceptors (Lipinski definition) is 8. The van der Waals surface area contributed by atoms with Crippen molar-refractivity contribution in [2.45, 2.75) is 211 Å². The number of rotatable bonds is 43. The van der Waals surface area contributed by atoms with Crippen molar-refractivity contribution >= 4 is 5.91 Å². The maximum Gasteiger partial charge on any atom is 0.220 e. The second-order valence-electron chi connectivity index (χ2n) is 17.9. The molecule has 0 radical (unpaired) electrons. The molecule has 0 saturated carbocycles. The molecule has 0 aliphatic carbocycles. The lowest BCUT2D eigenvalue weighted by Crippen LogP contribution is -2.60. The van der Waals surface area contributed by atoms with Gasteiger partial charge in [-0.2, -0.15) is 0 Å². The molecule has 1 aliphatic heterocycles. The summed E-state index contributed by atoms with van der Waals surface area (Å²) in [6.07, 6.45) is 72.0. The molecule has 0 aromatic heterocycles. The molecule has 9 heteroatoms. The summed E-state index contributed by atoms with van der Waals surface area (Å²) in [5.41, 5.74) is 0. The summed E-state index contributed by atoms with van der Waals surface area (Å²) in [6.45, 7) is 3.55. The average Bonchev–Trinajstić information content (AvgIpc) is 3.37. The molecular weight excluding hydrogens is 887 g/mol. The van der Waals surface area contributed by atoms with Crippen LogP contribution in [0.1, 0.15) is 168 Å². The number of carbonyl (C=O) groups is 1. The maximum absolute atomic E-state index is 12.9. The third-order valence-electron chi connectivity index (χ3n) is 11.6. The second kappa shape index (κ2) is 49.4. The molecule has 71 heavy (non-hydrogen) atoms. The minimum atomic E-state index is -1.58. The van der Waals surface area contributed by atoms with E-state index in [2.05, 4.69) is 165 Å². The van der Waals surface area contributed by atoms with Crippen LogP contribution in [0, 0.1) is 0 Å². The first-order valence-corrected chi connectivity index (χ1v) is 27.2. The van der Waals surface area contributed by atoms with E-state index in [0.717, 1.165) is 122 Å². The smallest absolute Gasteiger partial charge is 0.220 e. The lowest BCUT2D eigenvalue weighted by Gasteiger charge is -2.40. The zero-order valence-corrected chi connectivity index (χ0v) is 43.9. The van der Waals surface area contributed by atoms with Crippen molar-refractivity contribution in [3.8, 4) is 0 Å². The van der Waals surface area contributed by atoms with Crippen LogP contribution in [0.3, 0.4) is 0 Å². The molecule has 398 valence electrons.